The van der Waals surface area contributed by atoms with Gasteiger partial charge in [-0.05, 0) is 32.6 Å². The highest BCUT2D eigenvalue weighted by Gasteiger charge is 2.29. The van der Waals surface area contributed by atoms with Gasteiger partial charge in [-0.3, -0.25) is 9.59 Å². The maximum Gasteiger partial charge on any atom is 0.325 e. The number of carbonyl (C=O) groups excluding carboxylic acids is 2. The molecule has 1 aliphatic rings. The molecule has 1 heterocycles. The van der Waals surface area contributed by atoms with Crippen LogP contribution in [-0.4, -0.2) is 65.7 Å². The molecule has 0 bridgehead atoms. The second kappa shape index (κ2) is 8.49. The average molecular weight is 300 g/mol. The molecule has 0 spiro atoms. The minimum absolute atomic E-state index is 0.0422. The second-order valence-electron chi connectivity index (χ2n) is 5.13. The first-order chi connectivity index (χ1) is 9.97. The summed E-state index contributed by atoms with van der Waals surface area (Å²) in [6, 6.07) is -0.177. The van der Waals surface area contributed by atoms with Gasteiger partial charge in [0, 0.05) is 26.1 Å². The van der Waals surface area contributed by atoms with E-state index in [1.54, 1.807) is 11.8 Å². The lowest BCUT2D eigenvalue weighted by molar-refractivity contribution is -0.144. The molecule has 1 atom stereocenters. The van der Waals surface area contributed by atoms with E-state index in [9.17, 15) is 14.4 Å². The first kappa shape index (κ1) is 17.3. The maximum atomic E-state index is 12.3. The van der Waals surface area contributed by atoms with Gasteiger partial charge in [0.1, 0.15) is 6.54 Å². The molecule has 1 saturated heterocycles. The zero-order valence-electron chi connectivity index (χ0n) is 12.7. The van der Waals surface area contributed by atoms with Crippen LogP contribution in [0, 0.1) is 5.92 Å². The van der Waals surface area contributed by atoms with Crippen molar-refractivity contribution in [2.24, 2.45) is 5.92 Å². The van der Waals surface area contributed by atoms with Crippen LogP contribution in [0.3, 0.4) is 0 Å². The van der Waals surface area contributed by atoms with Crippen LogP contribution < -0.4 is 0 Å². The summed E-state index contributed by atoms with van der Waals surface area (Å²) in [7, 11) is 0. The third kappa shape index (κ3) is 5.61. The van der Waals surface area contributed by atoms with Crippen LogP contribution >= 0.6 is 0 Å². The van der Waals surface area contributed by atoms with Crippen LogP contribution in [0.4, 0.5) is 4.79 Å². The summed E-state index contributed by atoms with van der Waals surface area (Å²) in [5.41, 5.74) is 0. The van der Waals surface area contributed by atoms with Gasteiger partial charge >= 0.3 is 18.0 Å². The summed E-state index contributed by atoms with van der Waals surface area (Å²) >= 11 is 0. The van der Waals surface area contributed by atoms with Crippen molar-refractivity contribution in [3.8, 4) is 0 Å². The van der Waals surface area contributed by atoms with E-state index < -0.39 is 11.9 Å². The topological polar surface area (TPSA) is 87.2 Å². The van der Waals surface area contributed by atoms with Crippen LogP contribution in [0.2, 0.25) is 0 Å². The Morgan fingerprint density at radius 1 is 1.33 bits per heavy atom. The number of esters is 1. The predicted octanol–water partition coefficient (Wildman–Crippen LogP) is 1.18. The Labute approximate surface area is 124 Å². The number of carbonyl (C=O) groups is 3. The molecule has 1 fully saturated rings. The number of amides is 2. The van der Waals surface area contributed by atoms with Crippen LogP contribution in [-0.2, 0) is 14.3 Å². The number of rotatable bonds is 7. The fraction of sp³-hybridized carbons (Fsp3) is 0.786. The molecule has 2 amide bonds. The monoisotopic (exact) mass is 300 g/mol. The molecule has 0 radical (unpaired) electrons. The normalized spacial score (nSPS) is 17.6. The second-order valence-corrected chi connectivity index (χ2v) is 5.13. The lowest BCUT2D eigenvalue weighted by Crippen LogP contribution is -2.44. The van der Waals surface area contributed by atoms with Gasteiger partial charge in [-0.25, -0.2) is 4.79 Å². The highest BCUT2D eigenvalue weighted by Crippen LogP contribution is 2.22. The molecule has 0 aliphatic carbocycles. The minimum atomic E-state index is -0.808. The number of hydrogen-bond acceptors (Lipinski definition) is 4. The van der Waals surface area contributed by atoms with Crippen molar-refractivity contribution in [3.05, 3.63) is 0 Å². The van der Waals surface area contributed by atoms with Gasteiger partial charge in [-0.2, -0.15) is 0 Å². The lowest BCUT2D eigenvalue weighted by atomic mass is 10.0. The summed E-state index contributed by atoms with van der Waals surface area (Å²) in [5, 5.41) is 8.68. The fourth-order valence-electron chi connectivity index (χ4n) is 2.45. The number of hydrogen-bond donors (Lipinski definition) is 1. The lowest BCUT2D eigenvalue weighted by Gasteiger charge is -2.26. The van der Waals surface area contributed by atoms with E-state index in [1.807, 2.05) is 6.92 Å². The Hall–Kier alpha value is -1.79. The third-order valence-electron chi connectivity index (χ3n) is 3.60. The number of carboxylic acids is 1. The molecule has 0 aromatic heterocycles. The van der Waals surface area contributed by atoms with Crippen molar-refractivity contribution < 1.29 is 24.2 Å². The maximum absolute atomic E-state index is 12.3. The van der Waals surface area contributed by atoms with Crippen molar-refractivity contribution >= 4 is 18.0 Å². The molecule has 0 aromatic rings. The van der Waals surface area contributed by atoms with Crippen LogP contribution in [0.15, 0.2) is 0 Å². The Bertz CT molecular complexity index is 386. The molecule has 1 N–H and O–H groups in total. The van der Waals surface area contributed by atoms with E-state index in [2.05, 4.69) is 0 Å². The minimum Gasteiger partial charge on any atom is -0.481 e. The van der Waals surface area contributed by atoms with Crippen molar-refractivity contribution in [2.75, 3.05) is 32.8 Å². The average Bonchev–Trinajstić information content (AvgIpc) is 2.91. The molecule has 21 heavy (non-hydrogen) atoms. The van der Waals surface area contributed by atoms with E-state index in [4.69, 9.17) is 9.84 Å². The van der Waals surface area contributed by atoms with Crippen molar-refractivity contribution in [1.82, 2.24) is 9.80 Å². The van der Waals surface area contributed by atoms with Crippen LogP contribution in [0.5, 0.6) is 0 Å². The fourth-order valence-corrected chi connectivity index (χ4v) is 2.45. The third-order valence-corrected chi connectivity index (χ3v) is 3.60. The number of ether oxygens (including phenoxy) is 1. The van der Waals surface area contributed by atoms with Gasteiger partial charge in [0.15, 0.2) is 0 Å². The largest absolute Gasteiger partial charge is 0.481 e. The van der Waals surface area contributed by atoms with Crippen molar-refractivity contribution in [3.63, 3.8) is 0 Å². The smallest absolute Gasteiger partial charge is 0.325 e. The Morgan fingerprint density at radius 3 is 2.62 bits per heavy atom. The SMILES string of the molecule is CCOC(=O)CN(CC)C(=O)N1CCC(CCC(=O)O)C1. The Balaban J connectivity index is 2.46. The molecule has 0 saturated carbocycles. The first-order valence-corrected chi connectivity index (χ1v) is 7.39. The predicted molar refractivity (Wildman–Crippen MR) is 75.8 cm³/mol. The van der Waals surface area contributed by atoms with E-state index >= 15 is 0 Å². The summed E-state index contributed by atoms with van der Waals surface area (Å²) in [5.74, 6) is -0.988. The van der Waals surface area contributed by atoms with Gasteiger partial charge in [0.25, 0.3) is 0 Å². The van der Waals surface area contributed by atoms with Crippen LogP contribution in [0.25, 0.3) is 0 Å². The number of likely N-dealkylation sites (N-methyl/N-ethyl adjacent to an activating group) is 1. The number of urea groups is 1. The summed E-state index contributed by atoms with van der Waals surface area (Å²) in [4.78, 5) is 37.5. The number of likely N-dealkylation sites (tertiary alicyclic amines) is 1. The molecule has 7 heteroatoms. The highest BCUT2D eigenvalue weighted by atomic mass is 16.5. The number of nitrogens with zero attached hydrogens (tertiary/aromatic N) is 2. The molecule has 120 valence electrons. The van der Waals surface area contributed by atoms with E-state index in [-0.39, 0.29) is 24.9 Å². The van der Waals surface area contributed by atoms with Gasteiger partial charge in [-0.15, -0.1) is 0 Å². The summed E-state index contributed by atoms with van der Waals surface area (Å²) in [6.45, 7) is 5.41. The Kier molecular flexibility index (Phi) is 6.98. The molecule has 0 aromatic carbocycles. The van der Waals surface area contributed by atoms with E-state index in [0.29, 0.717) is 32.7 Å². The zero-order valence-corrected chi connectivity index (χ0v) is 12.7. The number of aliphatic carboxylic acids is 1. The number of carboxylic acid groups (broad SMARTS) is 1. The van der Waals surface area contributed by atoms with Gasteiger partial charge in [-0.1, -0.05) is 0 Å². The molecule has 1 rings (SSSR count). The standard InChI is InChI=1S/C14H24N2O5/c1-3-15(10-13(19)21-4-2)14(20)16-8-7-11(9-16)5-6-12(17)18/h11H,3-10H2,1-2H3,(H,17,18). The van der Waals surface area contributed by atoms with Gasteiger partial charge in [0.2, 0.25) is 0 Å². The van der Waals surface area contributed by atoms with E-state index in [1.165, 1.54) is 4.90 Å². The van der Waals surface area contributed by atoms with Crippen molar-refractivity contribution in [2.45, 2.75) is 33.1 Å². The molecule has 7 nitrogen and oxygen atoms in total. The Morgan fingerprint density at radius 2 is 2.05 bits per heavy atom. The first-order valence-electron chi connectivity index (χ1n) is 7.39. The van der Waals surface area contributed by atoms with Gasteiger partial charge in [0.05, 0.1) is 6.61 Å². The molecular weight excluding hydrogens is 276 g/mol. The molecular formula is C14H24N2O5. The molecule has 1 unspecified atom stereocenters. The van der Waals surface area contributed by atoms with E-state index in [0.717, 1.165) is 6.42 Å². The molecule has 1 aliphatic heterocycles. The van der Waals surface area contributed by atoms with Crippen molar-refractivity contribution in [1.29, 1.82) is 0 Å². The van der Waals surface area contributed by atoms with Gasteiger partial charge < -0.3 is 19.6 Å². The highest BCUT2D eigenvalue weighted by molar-refractivity contribution is 5.81. The zero-order chi connectivity index (χ0) is 15.8. The summed E-state index contributed by atoms with van der Waals surface area (Å²) < 4.78 is 4.86. The summed E-state index contributed by atoms with van der Waals surface area (Å²) in [6.07, 6.45) is 1.53. The quantitative estimate of drug-likeness (QED) is 0.713. The van der Waals surface area contributed by atoms with Crippen LogP contribution in [0.1, 0.15) is 33.1 Å².